The van der Waals surface area contributed by atoms with Gasteiger partial charge in [0.05, 0.1) is 0 Å². The number of hydrogen-bond acceptors (Lipinski definition) is 2. The fourth-order valence-corrected chi connectivity index (χ4v) is 1.15. The number of carboxylic acid groups (broad SMARTS) is 2. The topological polar surface area (TPSA) is 74.6 Å². The molecule has 2 N–H and O–H groups in total. The number of rotatable bonds is 2. The second-order valence-electron chi connectivity index (χ2n) is 3.06. The maximum Gasteiger partial charge on any atom is 0.331 e. The minimum absolute atomic E-state index is 0.0431. The van der Waals surface area contributed by atoms with Crippen LogP contribution in [0.4, 0.5) is 0 Å². The van der Waals surface area contributed by atoms with Crippen LogP contribution < -0.4 is 0 Å². The van der Waals surface area contributed by atoms with Gasteiger partial charge in [0.1, 0.15) is 0 Å². The van der Waals surface area contributed by atoms with E-state index in [1.807, 2.05) is 0 Å². The van der Waals surface area contributed by atoms with Gasteiger partial charge in [0.25, 0.3) is 0 Å². The standard InChI is InChI=1S/C10H10O4/c1-6-2-3-7(9(11)12)5-8(4-6)10(13)14/h2-4H,5H2,1H3,(H,11,12)(H,13,14). The van der Waals surface area contributed by atoms with Crippen molar-refractivity contribution in [2.45, 2.75) is 13.3 Å². The molecule has 0 aromatic heterocycles. The van der Waals surface area contributed by atoms with E-state index in [9.17, 15) is 9.59 Å². The third-order valence-corrected chi connectivity index (χ3v) is 1.88. The molecule has 1 aliphatic carbocycles. The van der Waals surface area contributed by atoms with Crippen LogP contribution in [0.1, 0.15) is 13.3 Å². The van der Waals surface area contributed by atoms with Gasteiger partial charge in [0.2, 0.25) is 0 Å². The van der Waals surface area contributed by atoms with Crippen molar-refractivity contribution in [3.05, 3.63) is 34.9 Å². The summed E-state index contributed by atoms with van der Waals surface area (Å²) in [4.78, 5) is 21.4. The molecule has 0 atom stereocenters. The molecular formula is C10H10O4. The van der Waals surface area contributed by atoms with E-state index in [-0.39, 0.29) is 17.6 Å². The van der Waals surface area contributed by atoms with E-state index in [0.717, 1.165) is 5.57 Å². The Morgan fingerprint density at radius 2 is 1.71 bits per heavy atom. The maximum atomic E-state index is 10.7. The lowest BCUT2D eigenvalue weighted by Gasteiger charge is -2.00. The van der Waals surface area contributed by atoms with Crippen LogP contribution in [0.15, 0.2) is 34.9 Å². The van der Waals surface area contributed by atoms with Crippen molar-refractivity contribution in [3.63, 3.8) is 0 Å². The first-order chi connectivity index (χ1) is 6.50. The molecule has 0 spiro atoms. The largest absolute Gasteiger partial charge is 0.478 e. The smallest absolute Gasteiger partial charge is 0.331 e. The molecule has 1 rings (SSSR count). The molecule has 4 heteroatoms. The normalized spacial score (nSPS) is 16.2. The Labute approximate surface area is 80.9 Å². The summed E-state index contributed by atoms with van der Waals surface area (Å²) in [5.74, 6) is -2.16. The minimum atomic E-state index is -1.08. The fourth-order valence-electron chi connectivity index (χ4n) is 1.15. The van der Waals surface area contributed by atoms with Crippen LogP contribution in [0.2, 0.25) is 0 Å². The molecule has 0 aromatic carbocycles. The van der Waals surface area contributed by atoms with Crippen LogP contribution in [0.3, 0.4) is 0 Å². The molecule has 0 aliphatic heterocycles. The van der Waals surface area contributed by atoms with Gasteiger partial charge >= 0.3 is 11.9 Å². The second-order valence-corrected chi connectivity index (χ2v) is 3.06. The van der Waals surface area contributed by atoms with Crippen molar-refractivity contribution < 1.29 is 19.8 Å². The molecule has 0 saturated heterocycles. The van der Waals surface area contributed by atoms with Crippen LogP contribution in [-0.2, 0) is 9.59 Å². The van der Waals surface area contributed by atoms with Gasteiger partial charge < -0.3 is 10.2 Å². The molecule has 74 valence electrons. The first kappa shape index (κ1) is 10.2. The molecule has 0 bridgehead atoms. The zero-order valence-electron chi connectivity index (χ0n) is 7.65. The average Bonchev–Trinajstić information content (AvgIpc) is 2.26. The molecule has 0 aromatic rings. The van der Waals surface area contributed by atoms with Gasteiger partial charge in [-0.15, -0.1) is 0 Å². The van der Waals surface area contributed by atoms with Crippen molar-refractivity contribution in [3.8, 4) is 0 Å². The predicted molar refractivity (Wildman–Crippen MR) is 49.8 cm³/mol. The summed E-state index contributed by atoms with van der Waals surface area (Å²) in [5, 5.41) is 17.5. The predicted octanol–water partition coefficient (Wildman–Crippen LogP) is 1.36. The molecule has 0 amide bonds. The van der Waals surface area contributed by atoms with Crippen molar-refractivity contribution in [2.24, 2.45) is 0 Å². The Hall–Kier alpha value is -1.84. The highest BCUT2D eigenvalue weighted by molar-refractivity contribution is 5.94. The van der Waals surface area contributed by atoms with E-state index in [2.05, 4.69) is 0 Å². The Morgan fingerprint density at radius 1 is 1.14 bits per heavy atom. The van der Waals surface area contributed by atoms with Crippen LogP contribution in [0.5, 0.6) is 0 Å². The lowest BCUT2D eigenvalue weighted by Crippen LogP contribution is -2.06. The third-order valence-electron chi connectivity index (χ3n) is 1.88. The summed E-state index contributed by atoms with van der Waals surface area (Å²) in [6, 6.07) is 0. The first-order valence-electron chi connectivity index (χ1n) is 4.05. The summed E-state index contributed by atoms with van der Waals surface area (Å²) >= 11 is 0. The van der Waals surface area contributed by atoms with Gasteiger partial charge in [-0.3, -0.25) is 0 Å². The summed E-state index contributed by atoms with van der Waals surface area (Å²) in [6.07, 6.45) is 4.47. The zero-order chi connectivity index (χ0) is 10.7. The highest BCUT2D eigenvalue weighted by Crippen LogP contribution is 2.18. The second kappa shape index (κ2) is 3.91. The lowest BCUT2D eigenvalue weighted by atomic mass is 10.1. The molecule has 0 unspecified atom stereocenters. The first-order valence-corrected chi connectivity index (χ1v) is 4.05. The molecule has 0 heterocycles. The van der Waals surface area contributed by atoms with Gasteiger partial charge in [0.15, 0.2) is 0 Å². The van der Waals surface area contributed by atoms with Crippen molar-refractivity contribution in [1.29, 1.82) is 0 Å². The zero-order valence-corrected chi connectivity index (χ0v) is 7.65. The number of aliphatic carboxylic acids is 2. The molecular weight excluding hydrogens is 184 g/mol. The Bertz CT molecular complexity index is 372. The maximum absolute atomic E-state index is 10.7. The monoisotopic (exact) mass is 194 g/mol. The Balaban J connectivity index is 3.06. The van der Waals surface area contributed by atoms with Gasteiger partial charge in [0, 0.05) is 17.6 Å². The van der Waals surface area contributed by atoms with Gasteiger partial charge in [-0.2, -0.15) is 0 Å². The number of carboxylic acids is 2. The minimum Gasteiger partial charge on any atom is -0.478 e. The average molecular weight is 194 g/mol. The van der Waals surface area contributed by atoms with Gasteiger partial charge in [-0.05, 0) is 13.0 Å². The Morgan fingerprint density at radius 3 is 2.21 bits per heavy atom. The summed E-state index contributed by atoms with van der Waals surface area (Å²) < 4.78 is 0. The fraction of sp³-hybridized carbons (Fsp3) is 0.200. The molecule has 0 saturated carbocycles. The molecule has 0 fully saturated rings. The number of carbonyl (C=O) groups is 2. The van der Waals surface area contributed by atoms with Crippen molar-refractivity contribution in [2.75, 3.05) is 0 Å². The van der Waals surface area contributed by atoms with Crippen LogP contribution in [0, 0.1) is 0 Å². The quantitative estimate of drug-likeness (QED) is 0.695. The van der Waals surface area contributed by atoms with Gasteiger partial charge in [-0.25, -0.2) is 9.59 Å². The van der Waals surface area contributed by atoms with E-state index in [0.29, 0.717) is 0 Å². The summed E-state index contributed by atoms with van der Waals surface area (Å²) in [7, 11) is 0. The number of allylic oxidation sites excluding steroid dienone is 4. The summed E-state index contributed by atoms with van der Waals surface area (Å²) in [6.45, 7) is 1.73. The van der Waals surface area contributed by atoms with Gasteiger partial charge in [-0.1, -0.05) is 17.7 Å². The van der Waals surface area contributed by atoms with Crippen molar-refractivity contribution >= 4 is 11.9 Å². The number of hydrogen-bond donors (Lipinski definition) is 2. The summed E-state index contributed by atoms with van der Waals surface area (Å²) in [5.41, 5.74) is 0.930. The van der Waals surface area contributed by atoms with E-state index in [4.69, 9.17) is 10.2 Å². The van der Waals surface area contributed by atoms with Crippen molar-refractivity contribution in [1.82, 2.24) is 0 Å². The molecule has 4 nitrogen and oxygen atoms in total. The molecule has 1 aliphatic rings. The van der Waals surface area contributed by atoms with E-state index in [1.165, 1.54) is 12.2 Å². The molecule has 0 radical (unpaired) electrons. The van der Waals surface area contributed by atoms with Crippen LogP contribution >= 0.6 is 0 Å². The van der Waals surface area contributed by atoms with Crippen LogP contribution in [-0.4, -0.2) is 22.2 Å². The van der Waals surface area contributed by atoms with E-state index >= 15 is 0 Å². The highest BCUT2D eigenvalue weighted by Gasteiger charge is 2.16. The van der Waals surface area contributed by atoms with Crippen LogP contribution in [0.25, 0.3) is 0 Å². The SMILES string of the molecule is CC1=CC=C(C(=O)O)CC(C(=O)O)=C1. The van der Waals surface area contributed by atoms with E-state index < -0.39 is 11.9 Å². The lowest BCUT2D eigenvalue weighted by molar-refractivity contribution is -0.133. The third kappa shape index (κ3) is 2.32. The Kier molecular flexibility index (Phi) is 2.86. The molecule has 14 heavy (non-hydrogen) atoms. The van der Waals surface area contributed by atoms with E-state index in [1.54, 1.807) is 13.0 Å². The highest BCUT2D eigenvalue weighted by atomic mass is 16.4.